The lowest BCUT2D eigenvalue weighted by Gasteiger charge is -2.25. The van der Waals surface area contributed by atoms with Crippen molar-refractivity contribution in [3.05, 3.63) is 24.3 Å². The third-order valence-corrected chi connectivity index (χ3v) is 3.47. The number of hydrogen-bond acceptors (Lipinski definition) is 4. The van der Waals surface area contributed by atoms with Crippen LogP contribution >= 0.6 is 0 Å². The van der Waals surface area contributed by atoms with E-state index in [2.05, 4.69) is 10.9 Å². The minimum atomic E-state index is -0.776. The molecule has 0 spiro atoms. The van der Waals surface area contributed by atoms with E-state index in [4.69, 9.17) is 9.47 Å². The van der Waals surface area contributed by atoms with Crippen molar-refractivity contribution < 1.29 is 19.1 Å². The summed E-state index contributed by atoms with van der Waals surface area (Å²) in [5.41, 5.74) is 4.82. The van der Waals surface area contributed by atoms with Gasteiger partial charge in [-0.15, -0.1) is 0 Å². The minimum absolute atomic E-state index is 0.102. The van der Waals surface area contributed by atoms with Crippen molar-refractivity contribution in [2.45, 2.75) is 32.8 Å². The molecule has 6 heteroatoms. The zero-order valence-electron chi connectivity index (χ0n) is 12.2. The first-order chi connectivity index (χ1) is 10.2. The number of benzene rings is 1. The second-order valence-electron chi connectivity index (χ2n) is 4.86. The molecule has 0 radical (unpaired) electrons. The molecule has 2 rings (SSSR count). The summed E-state index contributed by atoms with van der Waals surface area (Å²) in [5, 5.41) is 0. The second-order valence-corrected chi connectivity index (χ2v) is 4.86. The first kappa shape index (κ1) is 15.2. The van der Waals surface area contributed by atoms with E-state index in [1.54, 1.807) is 18.2 Å². The first-order valence-electron chi connectivity index (χ1n) is 7.13. The molecule has 114 valence electrons. The molecule has 0 unspecified atom stereocenters. The Hall–Kier alpha value is -2.24. The van der Waals surface area contributed by atoms with Crippen LogP contribution in [0.5, 0.6) is 11.5 Å². The molecule has 1 aliphatic heterocycles. The van der Waals surface area contributed by atoms with Gasteiger partial charge in [-0.3, -0.25) is 20.4 Å². The lowest BCUT2D eigenvalue weighted by Crippen LogP contribution is -2.52. The van der Waals surface area contributed by atoms with Gasteiger partial charge in [-0.05, 0) is 25.0 Å². The van der Waals surface area contributed by atoms with Gasteiger partial charge in [0.05, 0.1) is 0 Å². The number of para-hydroxylation sites is 2. The lowest BCUT2D eigenvalue weighted by molar-refractivity contribution is -0.136. The maximum absolute atomic E-state index is 12.0. The van der Waals surface area contributed by atoms with E-state index in [9.17, 15) is 9.59 Å². The number of hydrazine groups is 1. The summed E-state index contributed by atoms with van der Waals surface area (Å²) in [6.07, 6.45) is 0.686. The summed E-state index contributed by atoms with van der Waals surface area (Å²) in [7, 11) is 0. The second kappa shape index (κ2) is 6.97. The van der Waals surface area contributed by atoms with Gasteiger partial charge in [0.2, 0.25) is 12.0 Å². The summed E-state index contributed by atoms with van der Waals surface area (Å²) >= 11 is 0. The van der Waals surface area contributed by atoms with Crippen LogP contribution in [-0.4, -0.2) is 24.5 Å². The quantitative estimate of drug-likeness (QED) is 0.823. The monoisotopic (exact) mass is 292 g/mol. The smallest absolute Gasteiger partial charge is 0.283 e. The van der Waals surface area contributed by atoms with E-state index >= 15 is 0 Å². The van der Waals surface area contributed by atoms with Crippen molar-refractivity contribution in [3.8, 4) is 11.5 Å². The van der Waals surface area contributed by atoms with E-state index in [1.165, 1.54) is 0 Å². The molecule has 1 atom stereocenters. The Bertz CT molecular complexity index is 514. The molecule has 0 aromatic heterocycles. The molecular formula is C15H20N2O4. The summed E-state index contributed by atoms with van der Waals surface area (Å²) in [6.45, 7) is 3.98. The number of fused-ring (bicyclic) bond motifs is 1. The Morgan fingerprint density at radius 1 is 1.19 bits per heavy atom. The van der Waals surface area contributed by atoms with E-state index < -0.39 is 12.0 Å². The molecule has 1 aromatic carbocycles. The fraction of sp³-hybridized carbons (Fsp3) is 0.467. The Morgan fingerprint density at radius 2 is 1.86 bits per heavy atom. The summed E-state index contributed by atoms with van der Waals surface area (Å²) in [6, 6.07) is 7.14. The Labute approximate surface area is 123 Å². The minimum Gasteiger partial charge on any atom is -0.485 e. The highest BCUT2D eigenvalue weighted by Gasteiger charge is 2.27. The summed E-state index contributed by atoms with van der Waals surface area (Å²) in [4.78, 5) is 23.8. The number of carbonyl (C=O) groups is 2. The normalized spacial score (nSPS) is 16.4. The average molecular weight is 292 g/mol. The van der Waals surface area contributed by atoms with Crippen molar-refractivity contribution in [1.29, 1.82) is 0 Å². The van der Waals surface area contributed by atoms with Crippen molar-refractivity contribution in [3.63, 3.8) is 0 Å². The number of rotatable bonds is 4. The molecule has 2 N–H and O–H groups in total. The number of amides is 2. The number of nitrogens with one attached hydrogen (secondary N) is 2. The van der Waals surface area contributed by atoms with Gasteiger partial charge < -0.3 is 9.47 Å². The van der Waals surface area contributed by atoms with E-state index in [1.807, 2.05) is 19.9 Å². The van der Waals surface area contributed by atoms with Gasteiger partial charge >= 0.3 is 0 Å². The third kappa shape index (κ3) is 3.65. The van der Waals surface area contributed by atoms with Gasteiger partial charge in [-0.1, -0.05) is 26.0 Å². The van der Waals surface area contributed by atoms with E-state index in [0.29, 0.717) is 11.5 Å². The fourth-order valence-corrected chi connectivity index (χ4v) is 2.11. The molecular weight excluding hydrogens is 272 g/mol. The van der Waals surface area contributed by atoms with Crippen LogP contribution in [0.2, 0.25) is 0 Å². The summed E-state index contributed by atoms with van der Waals surface area (Å²) < 4.78 is 11.0. The van der Waals surface area contributed by atoms with Crippen LogP contribution < -0.4 is 20.3 Å². The van der Waals surface area contributed by atoms with Gasteiger partial charge in [0.25, 0.3) is 5.91 Å². The molecule has 1 heterocycles. The highest BCUT2D eigenvalue weighted by molar-refractivity contribution is 5.86. The van der Waals surface area contributed by atoms with Crippen molar-refractivity contribution >= 4 is 11.8 Å². The Balaban J connectivity index is 1.86. The van der Waals surface area contributed by atoms with Crippen LogP contribution in [0.15, 0.2) is 24.3 Å². The standard InChI is InChI=1S/C15H20N2O4/c1-3-10(4-2)14(18)16-17-15(19)13-9-20-11-7-5-6-8-12(11)21-13/h5-8,10,13H,3-4,9H2,1-2H3,(H,16,18)(H,17,19)/t13-/m1/s1. The van der Waals surface area contributed by atoms with E-state index in [-0.39, 0.29) is 18.4 Å². The first-order valence-corrected chi connectivity index (χ1v) is 7.13. The molecule has 1 aliphatic rings. The molecule has 0 saturated heterocycles. The zero-order chi connectivity index (χ0) is 15.2. The average Bonchev–Trinajstić information content (AvgIpc) is 2.53. The SMILES string of the molecule is CCC(CC)C(=O)NNC(=O)[C@H]1COc2ccccc2O1. The number of ether oxygens (including phenoxy) is 2. The van der Waals surface area contributed by atoms with Crippen LogP contribution in [-0.2, 0) is 9.59 Å². The Morgan fingerprint density at radius 3 is 2.52 bits per heavy atom. The maximum atomic E-state index is 12.0. The van der Waals surface area contributed by atoms with Crippen molar-refractivity contribution in [2.24, 2.45) is 5.92 Å². The van der Waals surface area contributed by atoms with Gasteiger partial charge in [-0.2, -0.15) is 0 Å². The topological polar surface area (TPSA) is 76.7 Å². The maximum Gasteiger partial charge on any atom is 0.283 e. The van der Waals surface area contributed by atoms with Gasteiger partial charge in [-0.25, -0.2) is 0 Å². The van der Waals surface area contributed by atoms with Crippen LogP contribution in [0.3, 0.4) is 0 Å². The zero-order valence-corrected chi connectivity index (χ0v) is 12.2. The van der Waals surface area contributed by atoms with Gasteiger partial charge in [0.15, 0.2) is 11.5 Å². The summed E-state index contributed by atoms with van der Waals surface area (Å²) in [5.74, 6) is 0.418. The van der Waals surface area contributed by atoms with Crippen LogP contribution in [0.1, 0.15) is 26.7 Å². The van der Waals surface area contributed by atoms with Gasteiger partial charge in [0.1, 0.15) is 6.61 Å². The molecule has 21 heavy (non-hydrogen) atoms. The molecule has 6 nitrogen and oxygen atoms in total. The van der Waals surface area contributed by atoms with Crippen molar-refractivity contribution in [2.75, 3.05) is 6.61 Å². The van der Waals surface area contributed by atoms with Crippen molar-refractivity contribution in [1.82, 2.24) is 10.9 Å². The number of hydrogen-bond donors (Lipinski definition) is 2. The fourth-order valence-electron chi connectivity index (χ4n) is 2.11. The van der Waals surface area contributed by atoms with Crippen LogP contribution in [0, 0.1) is 5.92 Å². The molecule has 0 saturated carbocycles. The van der Waals surface area contributed by atoms with Gasteiger partial charge in [0, 0.05) is 5.92 Å². The van der Waals surface area contributed by atoms with E-state index in [0.717, 1.165) is 12.8 Å². The molecule has 1 aromatic rings. The predicted molar refractivity (Wildman–Crippen MR) is 76.7 cm³/mol. The largest absolute Gasteiger partial charge is 0.485 e. The molecule has 0 aliphatic carbocycles. The van der Waals surface area contributed by atoms with Crippen LogP contribution in [0.25, 0.3) is 0 Å². The third-order valence-electron chi connectivity index (χ3n) is 3.47. The molecule has 0 fully saturated rings. The molecule has 2 amide bonds. The Kier molecular flexibility index (Phi) is 5.03. The predicted octanol–water partition coefficient (Wildman–Crippen LogP) is 1.41. The number of carbonyl (C=O) groups excluding carboxylic acids is 2. The highest BCUT2D eigenvalue weighted by Crippen LogP contribution is 2.30. The lowest BCUT2D eigenvalue weighted by atomic mass is 10.0. The highest BCUT2D eigenvalue weighted by atomic mass is 16.6. The van der Waals surface area contributed by atoms with Crippen LogP contribution in [0.4, 0.5) is 0 Å². The molecule has 0 bridgehead atoms.